The molecule has 0 aliphatic carbocycles. The summed E-state index contributed by atoms with van der Waals surface area (Å²) in [7, 11) is 1.53. The first-order chi connectivity index (χ1) is 8.67. The van der Waals surface area contributed by atoms with Crippen LogP contribution in [0, 0.1) is 0 Å². The van der Waals surface area contributed by atoms with Gasteiger partial charge in [-0.1, -0.05) is 0 Å². The Morgan fingerprint density at radius 1 is 1.61 bits per heavy atom. The number of methoxy groups -OCH3 is 1. The van der Waals surface area contributed by atoms with Gasteiger partial charge < -0.3 is 14.7 Å². The molecule has 1 aromatic rings. The zero-order valence-corrected chi connectivity index (χ0v) is 11.0. The van der Waals surface area contributed by atoms with Gasteiger partial charge in [-0.2, -0.15) is 0 Å². The van der Waals surface area contributed by atoms with Crippen LogP contribution < -0.4 is 4.74 Å². The average molecular weight is 270 g/mol. The molecule has 1 atom stereocenters. The van der Waals surface area contributed by atoms with Gasteiger partial charge >= 0.3 is 0 Å². The quantitative estimate of drug-likeness (QED) is 0.856. The number of likely N-dealkylation sites (tertiary alicyclic amines) is 1. The van der Waals surface area contributed by atoms with Gasteiger partial charge in [0.2, 0.25) is 0 Å². The van der Waals surface area contributed by atoms with Crippen LogP contribution in [0.4, 0.5) is 0 Å². The minimum atomic E-state index is -0.186. The van der Waals surface area contributed by atoms with E-state index < -0.39 is 0 Å². The second-order valence-corrected chi connectivity index (χ2v) is 4.64. The zero-order valence-electron chi connectivity index (χ0n) is 10.2. The number of halogens is 1. The molecule has 1 aliphatic heterocycles. The minimum absolute atomic E-state index is 0.0268. The number of hydrogen-bond donors (Lipinski definition) is 1. The number of ether oxygens (including phenoxy) is 1. The third-order valence-corrected chi connectivity index (χ3v) is 3.61. The average Bonchev–Trinajstić information content (AvgIpc) is 2.86. The summed E-state index contributed by atoms with van der Waals surface area (Å²) in [5.74, 6) is 0.768. The Bertz CT molecular complexity index is 450. The fourth-order valence-electron chi connectivity index (χ4n) is 2.23. The van der Waals surface area contributed by atoms with Crippen molar-refractivity contribution in [2.75, 3.05) is 19.5 Å². The van der Waals surface area contributed by atoms with Gasteiger partial charge in [0, 0.05) is 18.5 Å². The number of amides is 1. The molecule has 0 aromatic heterocycles. The lowest BCUT2D eigenvalue weighted by Gasteiger charge is -2.23. The van der Waals surface area contributed by atoms with Crippen molar-refractivity contribution in [3.63, 3.8) is 0 Å². The molecule has 1 amide bonds. The van der Waals surface area contributed by atoms with Crippen LogP contribution in [-0.2, 0) is 0 Å². The normalized spacial score (nSPS) is 19.0. The Hall–Kier alpha value is -1.42. The highest BCUT2D eigenvalue weighted by atomic mass is 35.5. The number of carbonyl (C=O) groups is 1. The number of benzene rings is 1. The van der Waals surface area contributed by atoms with E-state index in [2.05, 4.69) is 0 Å². The molecular formula is C13H16ClNO3. The van der Waals surface area contributed by atoms with Crippen molar-refractivity contribution in [1.82, 2.24) is 4.90 Å². The summed E-state index contributed by atoms with van der Waals surface area (Å²) < 4.78 is 5.07. The van der Waals surface area contributed by atoms with E-state index >= 15 is 0 Å². The fourth-order valence-corrected chi connectivity index (χ4v) is 2.55. The highest BCUT2D eigenvalue weighted by Gasteiger charge is 2.30. The number of nitrogens with zero attached hydrogens (tertiary/aromatic N) is 1. The highest BCUT2D eigenvalue weighted by molar-refractivity contribution is 6.18. The molecule has 4 nitrogen and oxygen atoms in total. The summed E-state index contributed by atoms with van der Waals surface area (Å²) in [6.45, 7) is 0.687. The van der Waals surface area contributed by atoms with Crippen molar-refractivity contribution < 1.29 is 14.6 Å². The van der Waals surface area contributed by atoms with Crippen LogP contribution in [0.1, 0.15) is 23.2 Å². The molecule has 1 fully saturated rings. The summed E-state index contributed by atoms with van der Waals surface area (Å²) in [4.78, 5) is 14.1. The highest BCUT2D eigenvalue weighted by Crippen LogP contribution is 2.27. The Morgan fingerprint density at radius 2 is 2.39 bits per heavy atom. The van der Waals surface area contributed by atoms with E-state index in [0.717, 1.165) is 12.8 Å². The lowest BCUT2D eigenvalue weighted by atomic mass is 10.1. The largest absolute Gasteiger partial charge is 0.507 e. The number of alkyl halides is 1. The second kappa shape index (κ2) is 5.48. The molecule has 0 saturated carbocycles. The molecule has 1 aromatic carbocycles. The van der Waals surface area contributed by atoms with E-state index in [-0.39, 0.29) is 23.3 Å². The minimum Gasteiger partial charge on any atom is -0.507 e. The number of rotatable bonds is 3. The van der Waals surface area contributed by atoms with Crippen molar-refractivity contribution in [2.45, 2.75) is 18.9 Å². The number of aromatic hydroxyl groups is 1. The number of phenols is 1. The van der Waals surface area contributed by atoms with E-state index in [1.165, 1.54) is 13.2 Å². The molecule has 0 radical (unpaired) electrons. The van der Waals surface area contributed by atoms with Crippen molar-refractivity contribution in [3.8, 4) is 11.5 Å². The maximum atomic E-state index is 12.4. The summed E-state index contributed by atoms with van der Waals surface area (Å²) in [5.41, 5.74) is 0.270. The topological polar surface area (TPSA) is 49.8 Å². The summed E-state index contributed by atoms with van der Waals surface area (Å²) in [5, 5.41) is 9.78. The van der Waals surface area contributed by atoms with Gasteiger partial charge in [0.25, 0.3) is 5.91 Å². The predicted molar refractivity (Wildman–Crippen MR) is 69.4 cm³/mol. The molecule has 1 N–H and O–H groups in total. The van der Waals surface area contributed by atoms with E-state index in [4.69, 9.17) is 16.3 Å². The van der Waals surface area contributed by atoms with Gasteiger partial charge in [0.15, 0.2) is 0 Å². The van der Waals surface area contributed by atoms with Crippen molar-refractivity contribution in [2.24, 2.45) is 0 Å². The molecule has 1 unspecified atom stereocenters. The first-order valence-electron chi connectivity index (χ1n) is 5.91. The third kappa shape index (κ3) is 2.38. The molecule has 18 heavy (non-hydrogen) atoms. The predicted octanol–water partition coefficient (Wildman–Crippen LogP) is 2.24. The van der Waals surface area contributed by atoms with Crippen LogP contribution in [0.15, 0.2) is 18.2 Å². The van der Waals surface area contributed by atoms with Gasteiger partial charge in [-0.25, -0.2) is 0 Å². The van der Waals surface area contributed by atoms with Crippen molar-refractivity contribution >= 4 is 17.5 Å². The summed E-state index contributed by atoms with van der Waals surface area (Å²) >= 11 is 5.85. The monoisotopic (exact) mass is 269 g/mol. The Morgan fingerprint density at radius 3 is 3.06 bits per heavy atom. The number of phenolic OH excluding ortho intramolecular Hbond substituents is 1. The maximum absolute atomic E-state index is 12.4. The maximum Gasteiger partial charge on any atom is 0.258 e. The molecule has 5 heteroatoms. The lowest BCUT2D eigenvalue weighted by Crippen LogP contribution is -2.36. The molecule has 0 bridgehead atoms. The SMILES string of the molecule is COc1ccc(O)c(C(=O)N2CCCC2CCl)c1. The summed E-state index contributed by atoms with van der Waals surface area (Å²) in [6.07, 6.45) is 1.87. The lowest BCUT2D eigenvalue weighted by molar-refractivity contribution is 0.0745. The van der Waals surface area contributed by atoms with Crippen molar-refractivity contribution in [1.29, 1.82) is 0 Å². The fraction of sp³-hybridized carbons (Fsp3) is 0.462. The van der Waals surface area contributed by atoms with Gasteiger partial charge in [0.1, 0.15) is 11.5 Å². The van der Waals surface area contributed by atoms with Gasteiger partial charge in [-0.15, -0.1) is 11.6 Å². The van der Waals surface area contributed by atoms with Crippen LogP contribution in [0.5, 0.6) is 11.5 Å². The van der Waals surface area contributed by atoms with Gasteiger partial charge in [0.05, 0.1) is 12.7 Å². The molecule has 98 valence electrons. The molecule has 2 rings (SSSR count). The third-order valence-electron chi connectivity index (χ3n) is 3.25. The molecule has 0 spiro atoms. The zero-order chi connectivity index (χ0) is 13.1. The smallest absolute Gasteiger partial charge is 0.258 e. The Labute approximate surface area is 111 Å². The summed E-state index contributed by atoms with van der Waals surface area (Å²) in [6, 6.07) is 4.71. The van der Waals surface area contributed by atoms with Gasteiger partial charge in [-0.05, 0) is 31.0 Å². The van der Waals surface area contributed by atoms with E-state index in [0.29, 0.717) is 18.2 Å². The molecule has 1 aliphatic rings. The van der Waals surface area contributed by atoms with Crippen LogP contribution >= 0.6 is 11.6 Å². The van der Waals surface area contributed by atoms with Crippen molar-refractivity contribution in [3.05, 3.63) is 23.8 Å². The van der Waals surface area contributed by atoms with E-state index in [9.17, 15) is 9.90 Å². The van der Waals surface area contributed by atoms with E-state index in [1.807, 2.05) is 0 Å². The molecular weight excluding hydrogens is 254 g/mol. The molecule has 1 heterocycles. The second-order valence-electron chi connectivity index (χ2n) is 4.33. The number of carbonyl (C=O) groups excluding carboxylic acids is 1. The number of hydrogen-bond acceptors (Lipinski definition) is 3. The van der Waals surface area contributed by atoms with Crippen LogP contribution in [0.3, 0.4) is 0 Å². The Kier molecular flexibility index (Phi) is 3.97. The standard InChI is InChI=1S/C13H16ClNO3/c1-18-10-4-5-12(16)11(7-10)13(17)15-6-2-3-9(15)8-14/h4-5,7,9,16H,2-3,6,8H2,1H3. The van der Waals surface area contributed by atoms with E-state index in [1.54, 1.807) is 17.0 Å². The van der Waals surface area contributed by atoms with Crippen LogP contribution in [0.25, 0.3) is 0 Å². The van der Waals surface area contributed by atoms with Gasteiger partial charge in [-0.3, -0.25) is 4.79 Å². The first-order valence-corrected chi connectivity index (χ1v) is 6.44. The molecule has 1 saturated heterocycles. The first kappa shape index (κ1) is 13.0. The van der Waals surface area contributed by atoms with Crippen LogP contribution in [-0.4, -0.2) is 41.5 Å². The Balaban J connectivity index is 2.27. The van der Waals surface area contributed by atoms with Crippen LogP contribution in [0.2, 0.25) is 0 Å².